The highest BCUT2D eigenvalue weighted by Crippen LogP contribution is 2.30. The van der Waals surface area contributed by atoms with Crippen LogP contribution in [-0.2, 0) is 0 Å². The molecule has 0 bridgehead atoms. The van der Waals surface area contributed by atoms with E-state index in [2.05, 4.69) is 10.2 Å². The lowest BCUT2D eigenvalue weighted by molar-refractivity contribution is 0.423. The van der Waals surface area contributed by atoms with Crippen molar-refractivity contribution in [2.45, 2.75) is 38.0 Å². The Bertz CT molecular complexity index is 249. The van der Waals surface area contributed by atoms with Crippen molar-refractivity contribution in [3.05, 3.63) is 12.2 Å². The van der Waals surface area contributed by atoms with Gasteiger partial charge in [0.25, 0.3) is 0 Å². The van der Waals surface area contributed by atoms with E-state index >= 15 is 0 Å². The number of hydrogen-bond donors (Lipinski definition) is 1. The van der Waals surface area contributed by atoms with Crippen LogP contribution in [0.1, 0.15) is 43.8 Å². The normalized spacial score (nSPS) is 19.7. The van der Waals surface area contributed by atoms with Crippen LogP contribution in [0.5, 0.6) is 0 Å². The molecule has 0 aliphatic heterocycles. The maximum atomic E-state index is 5.66. The van der Waals surface area contributed by atoms with Crippen LogP contribution in [0.2, 0.25) is 0 Å². The van der Waals surface area contributed by atoms with Gasteiger partial charge in [0.1, 0.15) is 6.33 Å². The Balaban J connectivity index is 2.13. The Morgan fingerprint density at radius 2 is 2.08 bits per heavy atom. The predicted molar refractivity (Wildman–Crippen MR) is 46.0 cm³/mol. The Hall–Kier alpha value is -1.06. The minimum atomic E-state index is 0.547. The van der Waals surface area contributed by atoms with Crippen molar-refractivity contribution in [2.24, 2.45) is 0 Å². The maximum absolute atomic E-state index is 5.66. The van der Waals surface area contributed by atoms with Gasteiger partial charge >= 0.3 is 0 Å². The molecular weight excluding hydrogens is 152 g/mol. The van der Waals surface area contributed by atoms with Crippen LogP contribution in [-0.4, -0.2) is 14.9 Å². The van der Waals surface area contributed by atoms with Gasteiger partial charge < -0.3 is 5.84 Å². The van der Waals surface area contributed by atoms with E-state index in [0.717, 1.165) is 5.82 Å². The minimum Gasteiger partial charge on any atom is -0.336 e. The number of nitrogen functional groups attached to an aromatic ring is 1. The molecule has 0 spiro atoms. The maximum Gasteiger partial charge on any atom is 0.154 e. The van der Waals surface area contributed by atoms with Gasteiger partial charge in [-0.1, -0.05) is 19.3 Å². The molecule has 66 valence electrons. The summed E-state index contributed by atoms with van der Waals surface area (Å²) in [6, 6.07) is 0. The van der Waals surface area contributed by atoms with Crippen LogP contribution >= 0.6 is 0 Å². The topological polar surface area (TPSA) is 56.7 Å². The monoisotopic (exact) mass is 166 g/mol. The molecule has 1 heterocycles. The van der Waals surface area contributed by atoms with Crippen molar-refractivity contribution in [3.63, 3.8) is 0 Å². The molecule has 0 saturated heterocycles. The molecule has 1 saturated carbocycles. The van der Waals surface area contributed by atoms with Gasteiger partial charge in [0.2, 0.25) is 0 Å². The second-order valence-electron chi connectivity index (χ2n) is 3.43. The van der Waals surface area contributed by atoms with E-state index in [1.165, 1.54) is 32.1 Å². The molecular formula is C8H14N4. The van der Waals surface area contributed by atoms with Gasteiger partial charge in [-0.3, -0.25) is 0 Å². The molecule has 0 atom stereocenters. The van der Waals surface area contributed by atoms with Gasteiger partial charge in [0, 0.05) is 5.92 Å². The fraction of sp³-hybridized carbons (Fsp3) is 0.750. The van der Waals surface area contributed by atoms with Gasteiger partial charge in [0.15, 0.2) is 5.82 Å². The third-order valence-electron chi connectivity index (χ3n) is 2.57. The van der Waals surface area contributed by atoms with Crippen LogP contribution in [0.4, 0.5) is 0 Å². The van der Waals surface area contributed by atoms with Crippen LogP contribution in [0.25, 0.3) is 0 Å². The van der Waals surface area contributed by atoms with E-state index in [0.29, 0.717) is 5.92 Å². The van der Waals surface area contributed by atoms with Crippen molar-refractivity contribution >= 4 is 0 Å². The number of nitrogens with two attached hydrogens (primary N) is 1. The predicted octanol–water partition coefficient (Wildman–Crippen LogP) is 1.04. The van der Waals surface area contributed by atoms with Crippen molar-refractivity contribution < 1.29 is 0 Å². The zero-order valence-corrected chi connectivity index (χ0v) is 7.11. The standard InChI is InChI=1S/C8H14N4/c9-12-6-10-11-8(12)7-4-2-1-3-5-7/h6-7H,1-5,9H2. The summed E-state index contributed by atoms with van der Waals surface area (Å²) in [7, 11) is 0. The van der Waals surface area contributed by atoms with Crippen LogP contribution < -0.4 is 5.84 Å². The van der Waals surface area contributed by atoms with Crippen LogP contribution in [0.15, 0.2) is 6.33 Å². The first kappa shape index (κ1) is 7.58. The summed E-state index contributed by atoms with van der Waals surface area (Å²) in [6.45, 7) is 0. The highest BCUT2D eigenvalue weighted by atomic mass is 15.4. The average molecular weight is 166 g/mol. The average Bonchev–Trinajstić information content (AvgIpc) is 2.53. The number of rotatable bonds is 1. The molecule has 0 amide bonds. The van der Waals surface area contributed by atoms with E-state index in [1.807, 2.05) is 0 Å². The number of nitrogens with zero attached hydrogens (tertiary/aromatic N) is 3. The Morgan fingerprint density at radius 1 is 1.33 bits per heavy atom. The van der Waals surface area contributed by atoms with Gasteiger partial charge in [0.05, 0.1) is 0 Å². The molecule has 0 aromatic carbocycles. The summed E-state index contributed by atoms with van der Waals surface area (Å²) in [5.74, 6) is 7.16. The SMILES string of the molecule is Nn1cnnc1C1CCCCC1. The van der Waals surface area contributed by atoms with Gasteiger partial charge in [-0.05, 0) is 12.8 Å². The highest BCUT2D eigenvalue weighted by molar-refractivity contribution is 4.97. The van der Waals surface area contributed by atoms with E-state index in [-0.39, 0.29) is 0 Å². The molecule has 1 fully saturated rings. The van der Waals surface area contributed by atoms with Crippen molar-refractivity contribution in [1.82, 2.24) is 14.9 Å². The lowest BCUT2D eigenvalue weighted by Crippen LogP contribution is -2.16. The van der Waals surface area contributed by atoms with Gasteiger partial charge in [-0.25, -0.2) is 4.68 Å². The van der Waals surface area contributed by atoms with Crippen LogP contribution in [0, 0.1) is 0 Å². The summed E-state index contributed by atoms with van der Waals surface area (Å²) in [5.41, 5.74) is 0. The first-order chi connectivity index (χ1) is 5.88. The molecule has 1 aliphatic rings. The number of hydrogen-bond acceptors (Lipinski definition) is 3. The fourth-order valence-corrected chi connectivity index (χ4v) is 1.90. The third-order valence-corrected chi connectivity index (χ3v) is 2.57. The smallest absolute Gasteiger partial charge is 0.154 e. The van der Waals surface area contributed by atoms with Crippen LogP contribution in [0.3, 0.4) is 0 Å². The lowest BCUT2D eigenvalue weighted by Gasteiger charge is -2.19. The fourth-order valence-electron chi connectivity index (χ4n) is 1.90. The molecule has 4 heteroatoms. The van der Waals surface area contributed by atoms with Crippen molar-refractivity contribution in [3.8, 4) is 0 Å². The molecule has 1 aliphatic carbocycles. The zero-order valence-electron chi connectivity index (χ0n) is 7.11. The summed E-state index contributed by atoms with van der Waals surface area (Å²) in [6.07, 6.45) is 7.97. The number of aromatic nitrogens is 3. The molecule has 4 nitrogen and oxygen atoms in total. The Labute approximate surface area is 71.8 Å². The summed E-state index contributed by atoms with van der Waals surface area (Å²) in [5, 5.41) is 7.81. The minimum absolute atomic E-state index is 0.547. The first-order valence-electron chi connectivity index (χ1n) is 4.53. The van der Waals surface area contributed by atoms with E-state index in [9.17, 15) is 0 Å². The molecule has 12 heavy (non-hydrogen) atoms. The van der Waals surface area contributed by atoms with E-state index < -0.39 is 0 Å². The van der Waals surface area contributed by atoms with E-state index in [4.69, 9.17) is 5.84 Å². The summed E-state index contributed by atoms with van der Waals surface area (Å²) >= 11 is 0. The second kappa shape index (κ2) is 3.13. The molecule has 2 N–H and O–H groups in total. The third kappa shape index (κ3) is 1.29. The molecule has 1 aromatic heterocycles. The lowest BCUT2D eigenvalue weighted by atomic mass is 9.89. The summed E-state index contributed by atoms with van der Waals surface area (Å²) < 4.78 is 1.55. The molecule has 1 aromatic rings. The highest BCUT2D eigenvalue weighted by Gasteiger charge is 2.19. The van der Waals surface area contributed by atoms with E-state index in [1.54, 1.807) is 11.0 Å². The quantitative estimate of drug-likeness (QED) is 0.634. The van der Waals surface area contributed by atoms with Gasteiger partial charge in [-0.15, -0.1) is 10.2 Å². The first-order valence-corrected chi connectivity index (χ1v) is 4.53. The van der Waals surface area contributed by atoms with Gasteiger partial charge in [-0.2, -0.15) is 0 Å². The van der Waals surface area contributed by atoms with Crippen molar-refractivity contribution in [2.75, 3.05) is 5.84 Å². The molecule has 0 unspecified atom stereocenters. The Kier molecular flexibility index (Phi) is 1.98. The molecule has 2 rings (SSSR count). The second-order valence-corrected chi connectivity index (χ2v) is 3.43. The zero-order chi connectivity index (χ0) is 8.39. The summed E-state index contributed by atoms with van der Waals surface area (Å²) in [4.78, 5) is 0. The van der Waals surface area contributed by atoms with Crippen molar-refractivity contribution in [1.29, 1.82) is 0 Å². The molecule has 0 radical (unpaired) electrons. The largest absolute Gasteiger partial charge is 0.336 e. The Morgan fingerprint density at radius 3 is 2.67 bits per heavy atom.